The third-order valence-electron chi connectivity index (χ3n) is 1.91. The summed E-state index contributed by atoms with van der Waals surface area (Å²) >= 11 is 1.73. The molecule has 0 atom stereocenters. The fourth-order valence-electron chi connectivity index (χ4n) is 1.16. The number of thioether (sulfide) groups is 1. The van der Waals surface area contributed by atoms with Crippen LogP contribution in [0.2, 0.25) is 0 Å². The number of ether oxygens (including phenoxy) is 1. The highest BCUT2D eigenvalue weighted by Gasteiger charge is 2.08. The minimum absolute atomic E-state index is 0.0550. The maximum Gasteiger partial charge on any atom is 0.123 e. The van der Waals surface area contributed by atoms with Crippen LogP contribution in [-0.4, -0.2) is 18.0 Å². The normalized spacial score (nSPS) is 11.8. The van der Waals surface area contributed by atoms with Crippen molar-refractivity contribution >= 4 is 11.8 Å². The van der Waals surface area contributed by atoms with Gasteiger partial charge in [-0.3, -0.25) is 0 Å². The molecule has 0 aliphatic carbocycles. The SMILES string of the molecule is CC(C)(C)OCCCSc1ccc(F)cc1. The van der Waals surface area contributed by atoms with Gasteiger partial charge in [-0.05, 0) is 51.5 Å². The predicted octanol–water partition coefficient (Wildman–Crippen LogP) is 4.12. The lowest BCUT2D eigenvalue weighted by atomic mass is 10.2. The van der Waals surface area contributed by atoms with E-state index in [-0.39, 0.29) is 11.4 Å². The molecule has 1 rings (SSSR count). The summed E-state index contributed by atoms with van der Waals surface area (Å²) in [6.07, 6.45) is 1.01. The van der Waals surface area contributed by atoms with Crippen molar-refractivity contribution in [3.63, 3.8) is 0 Å². The van der Waals surface area contributed by atoms with Crippen molar-refractivity contribution in [1.29, 1.82) is 0 Å². The summed E-state index contributed by atoms with van der Waals surface area (Å²) in [5, 5.41) is 0. The van der Waals surface area contributed by atoms with Crippen molar-refractivity contribution in [3.05, 3.63) is 30.1 Å². The number of hydrogen-bond donors (Lipinski definition) is 0. The molecule has 0 fully saturated rings. The van der Waals surface area contributed by atoms with Crippen LogP contribution in [0.3, 0.4) is 0 Å². The summed E-state index contributed by atoms with van der Waals surface area (Å²) < 4.78 is 18.2. The summed E-state index contributed by atoms with van der Waals surface area (Å²) in [6.45, 7) is 6.94. The Bertz CT molecular complexity index is 303. The first kappa shape index (κ1) is 13.5. The lowest BCUT2D eigenvalue weighted by Gasteiger charge is -2.19. The second kappa shape index (κ2) is 6.26. The third kappa shape index (κ3) is 6.13. The summed E-state index contributed by atoms with van der Waals surface area (Å²) in [4.78, 5) is 1.11. The van der Waals surface area contributed by atoms with Gasteiger partial charge in [-0.1, -0.05) is 0 Å². The number of hydrogen-bond acceptors (Lipinski definition) is 2. The van der Waals surface area contributed by atoms with Gasteiger partial charge in [0, 0.05) is 17.3 Å². The van der Waals surface area contributed by atoms with Crippen molar-refractivity contribution in [2.24, 2.45) is 0 Å². The van der Waals surface area contributed by atoms with Gasteiger partial charge in [0.05, 0.1) is 5.60 Å². The lowest BCUT2D eigenvalue weighted by molar-refractivity contribution is -0.00196. The Morgan fingerprint density at radius 1 is 1.19 bits per heavy atom. The zero-order valence-electron chi connectivity index (χ0n) is 10.1. The van der Waals surface area contributed by atoms with Gasteiger partial charge in [0.1, 0.15) is 5.82 Å². The average Bonchev–Trinajstić information content (AvgIpc) is 2.19. The minimum atomic E-state index is -0.180. The summed E-state index contributed by atoms with van der Waals surface area (Å²) in [7, 11) is 0. The number of rotatable bonds is 5. The van der Waals surface area contributed by atoms with Crippen LogP contribution in [-0.2, 0) is 4.74 Å². The molecule has 0 saturated heterocycles. The Hall–Kier alpha value is -0.540. The Balaban J connectivity index is 2.14. The maximum atomic E-state index is 12.6. The van der Waals surface area contributed by atoms with Gasteiger partial charge in [-0.25, -0.2) is 4.39 Å². The summed E-state index contributed by atoms with van der Waals surface area (Å²) in [5.74, 6) is 0.822. The Morgan fingerprint density at radius 3 is 2.38 bits per heavy atom. The molecule has 0 amide bonds. The van der Waals surface area contributed by atoms with Crippen LogP contribution in [0.4, 0.5) is 4.39 Å². The van der Waals surface area contributed by atoms with Crippen molar-refractivity contribution in [3.8, 4) is 0 Å². The molecule has 0 aliphatic rings. The van der Waals surface area contributed by atoms with E-state index >= 15 is 0 Å². The molecule has 0 unspecified atom stereocenters. The quantitative estimate of drug-likeness (QED) is 0.567. The van der Waals surface area contributed by atoms with Crippen LogP contribution in [0, 0.1) is 5.82 Å². The highest BCUT2D eigenvalue weighted by molar-refractivity contribution is 7.99. The molecular weight excluding hydrogens is 223 g/mol. The molecule has 1 aromatic carbocycles. The van der Waals surface area contributed by atoms with E-state index in [1.54, 1.807) is 11.8 Å². The molecule has 0 N–H and O–H groups in total. The van der Waals surface area contributed by atoms with Crippen LogP contribution >= 0.6 is 11.8 Å². The molecule has 0 aliphatic heterocycles. The van der Waals surface area contributed by atoms with Crippen LogP contribution < -0.4 is 0 Å². The number of benzene rings is 1. The highest BCUT2D eigenvalue weighted by Crippen LogP contribution is 2.19. The smallest absolute Gasteiger partial charge is 0.123 e. The molecule has 0 spiro atoms. The molecule has 16 heavy (non-hydrogen) atoms. The van der Waals surface area contributed by atoms with E-state index in [9.17, 15) is 4.39 Å². The topological polar surface area (TPSA) is 9.23 Å². The largest absolute Gasteiger partial charge is 0.376 e. The molecule has 0 aromatic heterocycles. The molecule has 1 aromatic rings. The Morgan fingerprint density at radius 2 is 1.81 bits per heavy atom. The Labute approximate surface area is 101 Å². The van der Waals surface area contributed by atoms with E-state index in [0.717, 1.165) is 23.7 Å². The molecule has 0 bridgehead atoms. The number of halogens is 1. The van der Waals surface area contributed by atoms with Crippen LogP contribution in [0.5, 0.6) is 0 Å². The van der Waals surface area contributed by atoms with Crippen molar-refractivity contribution in [2.45, 2.75) is 37.7 Å². The van der Waals surface area contributed by atoms with Crippen LogP contribution in [0.15, 0.2) is 29.2 Å². The second-order valence-electron chi connectivity index (χ2n) is 4.62. The van der Waals surface area contributed by atoms with Gasteiger partial charge < -0.3 is 4.74 Å². The Kier molecular flexibility index (Phi) is 5.29. The molecule has 0 saturated carbocycles. The van der Waals surface area contributed by atoms with E-state index < -0.39 is 0 Å². The summed E-state index contributed by atoms with van der Waals surface area (Å²) in [6, 6.07) is 6.61. The maximum absolute atomic E-state index is 12.6. The van der Waals surface area contributed by atoms with Gasteiger partial charge in [0.15, 0.2) is 0 Å². The van der Waals surface area contributed by atoms with Gasteiger partial charge in [-0.2, -0.15) is 0 Å². The van der Waals surface area contributed by atoms with Gasteiger partial charge in [0.2, 0.25) is 0 Å². The van der Waals surface area contributed by atoms with Gasteiger partial charge >= 0.3 is 0 Å². The molecular formula is C13H19FOS. The molecule has 1 nitrogen and oxygen atoms in total. The van der Waals surface area contributed by atoms with Crippen molar-refractivity contribution < 1.29 is 9.13 Å². The van der Waals surface area contributed by atoms with E-state index in [1.807, 2.05) is 12.1 Å². The zero-order chi connectivity index (χ0) is 12.0. The average molecular weight is 242 g/mol. The first-order valence-electron chi connectivity index (χ1n) is 5.50. The predicted molar refractivity (Wildman–Crippen MR) is 67.4 cm³/mol. The molecule has 0 heterocycles. The van der Waals surface area contributed by atoms with Gasteiger partial charge in [-0.15, -0.1) is 11.8 Å². The minimum Gasteiger partial charge on any atom is -0.376 e. The first-order valence-corrected chi connectivity index (χ1v) is 6.48. The fourth-order valence-corrected chi connectivity index (χ4v) is 1.98. The standard InChI is InChI=1S/C13H19FOS/c1-13(2,3)15-9-4-10-16-12-7-5-11(14)6-8-12/h5-8H,4,9-10H2,1-3H3. The van der Waals surface area contributed by atoms with E-state index in [4.69, 9.17) is 4.74 Å². The summed E-state index contributed by atoms with van der Waals surface area (Å²) in [5.41, 5.74) is -0.0550. The van der Waals surface area contributed by atoms with E-state index in [1.165, 1.54) is 12.1 Å². The molecule has 90 valence electrons. The fraction of sp³-hybridized carbons (Fsp3) is 0.538. The van der Waals surface area contributed by atoms with E-state index in [2.05, 4.69) is 20.8 Å². The first-order chi connectivity index (χ1) is 7.47. The molecule has 0 radical (unpaired) electrons. The molecule has 3 heteroatoms. The van der Waals surface area contributed by atoms with Crippen molar-refractivity contribution in [2.75, 3.05) is 12.4 Å². The van der Waals surface area contributed by atoms with Gasteiger partial charge in [0.25, 0.3) is 0 Å². The second-order valence-corrected chi connectivity index (χ2v) is 5.79. The monoisotopic (exact) mass is 242 g/mol. The lowest BCUT2D eigenvalue weighted by Crippen LogP contribution is -2.19. The van der Waals surface area contributed by atoms with Crippen LogP contribution in [0.1, 0.15) is 27.2 Å². The zero-order valence-corrected chi connectivity index (χ0v) is 10.9. The van der Waals surface area contributed by atoms with Crippen LogP contribution in [0.25, 0.3) is 0 Å². The van der Waals surface area contributed by atoms with E-state index in [0.29, 0.717) is 0 Å². The highest BCUT2D eigenvalue weighted by atomic mass is 32.2. The third-order valence-corrected chi connectivity index (χ3v) is 3.00. The van der Waals surface area contributed by atoms with Crippen molar-refractivity contribution in [1.82, 2.24) is 0 Å².